The molecule has 2 aliphatic heterocycles. The Morgan fingerprint density at radius 1 is 0.627 bits per heavy atom. The summed E-state index contributed by atoms with van der Waals surface area (Å²) in [7, 11) is 0. The van der Waals surface area contributed by atoms with Gasteiger partial charge in [-0.2, -0.15) is 4.58 Å². The fourth-order valence-electron chi connectivity index (χ4n) is 8.81. The molecule has 0 N–H and O–H groups in total. The van der Waals surface area contributed by atoms with Crippen LogP contribution in [-0.4, -0.2) is 48.5 Å². The molecule has 0 saturated carbocycles. The highest BCUT2D eigenvalue weighted by atomic mass is 16.5. The van der Waals surface area contributed by atoms with Crippen LogP contribution in [0.4, 0.5) is 11.4 Å². The average Bonchev–Trinajstić information content (AvgIpc) is 3.56. The minimum absolute atomic E-state index is 0.214. The van der Waals surface area contributed by atoms with E-state index in [9.17, 15) is 9.59 Å². The summed E-state index contributed by atoms with van der Waals surface area (Å²) in [6.45, 7) is 10.5. The van der Waals surface area contributed by atoms with Crippen molar-refractivity contribution in [1.82, 2.24) is 0 Å². The van der Waals surface area contributed by atoms with Gasteiger partial charge in [0, 0.05) is 34.5 Å². The van der Waals surface area contributed by atoms with Crippen molar-refractivity contribution in [1.29, 1.82) is 0 Å². The number of fused-ring (bicyclic) bond motifs is 6. The molecular formula is C53H49N2O4+. The Morgan fingerprint density at radius 2 is 1.19 bits per heavy atom. The van der Waals surface area contributed by atoms with Crippen LogP contribution in [0.25, 0.3) is 21.5 Å². The quantitative estimate of drug-likeness (QED) is 0.119. The normalized spacial score (nSPS) is 20.3. The number of benzene rings is 4. The Balaban J connectivity index is 1.13. The number of carbonyl (C=O) groups is 2. The first kappa shape index (κ1) is 39.1. The smallest absolute Gasteiger partial charge is 0.338 e. The predicted octanol–water partition coefficient (Wildman–Crippen LogP) is 10.9. The molecule has 4 aromatic carbocycles. The fourth-order valence-corrected chi connectivity index (χ4v) is 8.81. The molecule has 0 aromatic heterocycles. The van der Waals surface area contributed by atoms with E-state index in [2.05, 4.69) is 128 Å². The Bertz CT molecular complexity index is 2700. The molecule has 2 heterocycles. The number of rotatable bonds is 10. The zero-order valence-electron chi connectivity index (χ0n) is 34.1. The van der Waals surface area contributed by atoms with Gasteiger partial charge in [0.1, 0.15) is 6.61 Å². The third-order valence-electron chi connectivity index (χ3n) is 11.6. The SMILES string of the molecule is CC1(C)C(/C=C/C=C2/N(CCOC(=O)C3=C/C=C\C=C/C=C3)c3ccc4ccccc4c3C2(C)C)=[N+](CCOC(=O)C2=C/C=C\C=C/C=C2)c2ccc3ccccc3c21. The van der Waals surface area contributed by atoms with Gasteiger partial charge in [0.25, 0.3) is 0 Å². The zero-order chi connectivity index (χ0) is 41.0. The van der Waals surface area contributed by atoms with Gasteiger partial charge < -0.3 is 14.4 Å². The number of anilines is 1. The molecule has 0 bridgehead atoms. The Morgan fingerprint density at radius 3 is 1.85 bits per heavy atom. The van der Waals surface area contributed by atoms with Crippen molar-refractivity contribution < 1.29 is 23.6 Å². The summed E-state index contributed by atoms with van der Waals surface area (Å²) in [6.07, 6.45) is 32.5. The fraction of sp³-hybridized carbons (Fsp3) is 0.189. The summed E-state index contributed by atoms with van der Waals surface area (Å²) < 4.78 is 14.1. The van der Waals surface area contributed by atoms with Gasteiger partial charge in [0.05, 0.1) is 23.1 Å². The van der Waals surface area contributed by atoms with Crippen LogP contribution in [0.2, 0.25) is 0 Å². The van der Waals surface area contributed by atoms with Crippen LogP contribution in [0.15, 0.2) is 193 Å². The van der Waals surface area contributed by atoms with Crippen molar-refractivity contribution in [2.75, 3.05) is 31.2 Å². The second-order valence-electron chi connectivity index (χ2n) is 16.0. The highest BCUT2D eigenvalue weighted by Crippen LogP contribution is 2.51. The van der Waals surface area contributed by atoms with Crippen molar-refractivity contribution in [3.8, 4) is 0 Å². The standard InChI is InChI=1S/C53H49N2O4/c1-52(2)46(54(44-32-30-38-20-15-17-26-42(38)48(44)52)34-36-58-50(56)40-22-11-7-5-8-12-23-40)28-19-29-47-53(3,4)49-43-27-18-16-21-39(43)31-33-45(49)55(47)35-37-59-51(57)41-24-13-9-6-10-14-25-41/h5-33H,34-37H2,1-4H3/q+1/b7-5-,8-5?,9-6-,10-6?,11-7?,12-8-,13-9?,14-10-,22-11?,23-12?,24-13?,25-14?,40-22?,40-23?,41-24?,41-25?. The predicted molar refractivity (Wildman–Crippen MR) is 241 cm³/mol. The third-order valence-corrected chi connectivity index (χ3v) is 11.6. The number of ether oxygens (including phenoxy) is 2. The maximum absolute atomic E-state index is 13.2. The van der Waals surface area contributed by atoms with E-state index in [-0.39, 0.29) is 36.0 Å². The van der Waals surface area contributed by atoms with Crippen LogP contribution in [0.1, 0.15) is 38.8 Å². The molecule has 294 valence electrons. The molecule has 0 radical (unpaired) electrons. The lowest BCUT2D eigenvalue weighted by atomic mass is 9.79. The van der Waals surface area contributed by atoms with Gasteiger partial charge in [-0.05, 0) is 83.5 Å². The molecule has 0 fully saturated rings. The molecule has 6 heteroatoms. The molecule has 59 heavy (non-hydrogen) atoms. The van der Waals surface area contributed by atoms with Crippen molar-refractivity contribution in [3.63, 3.8) is 0 Å². The molecule has 0 amide bonds. The highest BCUT2D eigenvalue weighted by Gasteiger charge is 2.46. The Hall–Kier alpha value is -6.79. The van der Waals surface area contributed by atoms with E-state index in [4.69, 9.17) is 9.47 Å². The first-order chi connectivity index (χ1) is 28.7. The van der Waals surface area contributed by atoms with Gasteiger partial charge in [0.15, 0.2) is 18.9 Å². The first-order valence-electron chi connectivity index (χ1n) is 20.3. The third kappa shape index (κ3) is 7.66. The minimum atomic E-state index is -0.361. The molecule has 2 aliphatic carbocycles. The van der Waals surface area contributed by atoms with E-state index in [1.807, 2.05) is 60.8 Å². The van der Waals surface area contributed by atoms with E-state index in [0.717, 1.165) is 22.8 Å². The van der Waals surface area contributed by atoms with Gasteiger partial charge in [-0.3, -0.25) is 0 Å². The van der Waals surface area contributed by atoms with E-state index < -0.39 is 0 Å². The second kappa shape index (κ2) is 16.6. The van der Waals surface area contributed by atoms with Gasteiger partial charge >= 0.3 is 11.9 Å². The van der Waals surface area contributed by atoms with Gasteiger partial charge in [0.2, 0.25) is 5.69 Å². The van der Waals surface area contributed by atoms with Crippen molar-refractivity contribution in [2.24, 2.45) is 0 Å². The topological polar surface area (TPSA) is 58.9 Å². The van der Waals surface area contributed by atoms with Crippen LogP contribution < -0.4 is 4.90 Å². The number of nitrogens with zero attached hydrogens (tertiary/aromatic N) is 2. The lowest BCUT2D eigenvalue weighted by Gasteiger charge is -2.27. The van der Waals surface area contributed by atoms with Crippen LogP contribution in [-0.2, 0) is 29.9 Å². The van der Waals surface area contributed by atoms with E-state index >= 15 is 0 Å². The molecule has 8 rings (SSSR count). The lowest BCUT2D eigenvalue weighted by molar-refractivity contribution is -0.440. The van der Waals surface area contributed by atoms with E-state index in [1.54, 1.807) is 24.3 Å². The average molecular weight is 778 g/mol. The highest BCUT2D eigenvalue weighted by molar-refractivity contribution is 6.08. The molecular weight excluding hydrogens is 729 g/mol. The van der Waals surface area contributed by atoms with Crippen molar-refractivity contribution in [2.45, 2.75) is 38.5 Å². The first-order valence-corrected chi connectivity index (χ1v) is 20.3. The Kier molecular flexibility index (Phi) is 11.0. The molecule has 4 aromatic rings. The number of allylic oxidation sites excluding steroid dienone is 16. The lowest BCUT2D eigenvalue weighted by Crippen LogP contribution is -2.30. The summed E-state index contributed by atoms with van der Waals surface area (Å²) in [4.78, 5) is 28.7. The van der Waals surface area contributed by atoms with Crippen LogP contribution in [0.5, 0.6) is 0 Å². The summed E-state index contributed by atoms with van der Waals surface area (Å²) in [5.74, 6) is -0.707. The number of esters is 2. The van der Waals surface area contributed by atoms with Crippen molar-refractivity contribution in [3.05, 3.63) is 204 Å². The van der Waals surface area contributed by atoms with E-state index in [1.165, 1.54) is 32.7 Å². The summed E-state index contributed by atoms with van der Waals surface area (Å²) in [5, 5.41) is 4.79. The van der Waals surface area contributed by atoms with Gasteiger partial charge in [-0.15, -0.1) is 0 Å². The number of hydrogen-bond acceptors (Lipinski definition) is 5. The van der Waals surface area contributed by atoms with Crippen LogP contribution in [0.3, 0.4) is 0 Å². The monoisotopic (exact) mass is 777 g/mol. The molecule has 0 spiro atoms. The molecule has 0 saturated heterocycles. The van der Waals surface area contributed by atoms with E-state index in [0.29, 0.717) is 24.2 Å². The van der Waals surface area contributed by atoms with Gasteiger partial charge in [-0.1, -0.05) is 135 Å². The molecule has 0 unspecified atom stereocenters. The number of hydrogen-bond donors (Lipinski definition) is 0. The van der Waals surface area contributed by atoms with Crippen LogP contribution in [0, 0.1) is 0 Å². The Labute approximate surface area is 346 Å². The van der Waals surface area contributed by atoms with Gasteiger partial charge in [-0.25, -0.2) is 9.59 Å². The molecule has 4 aliphatic rings. The number of carbonyl (C=O) groups excluding carboxylic acids is 2. The summed E-state index contributed by atoms with van der Waals surface area (Å²) >= 11 is 0. The minimum Gasteiger partial charge on any atom is -0.460 e. The summed E-state index contributed by atoms with van der Waals surface area (Å²) in [5.41, 5.74) is 7.23. The van der Waals surface area contributed by atoms with Crippen molar-refractivity contribution >= 4 is 50.6 Å². The molecule has 0 atom stereocenters. The zero-order valence-corrected chi connectivity index (χ0v) is 34.1. The second-order valence-corrected chi connectivity index (χ2v) is 16.0. The van der Waals surface area contributed by atoms with Crippen LogP contribution >= 0.6 is 0 Å². The maximum atomic E-state index is 13.2. The largest absolute Gasteiger partial charge is 0.460 e. The maximum Gasteiger partial charge on any atom is 0.338 e. The summed E-state index contributed by atoms with van der Waals surface area (Å²) in [6, 6.07) is 25.8. The molecule has 6 nitrogen and oxygen atoms in total.